The molecule has 0 atom stereocenters. The van der Waals surface area contributed by atoms with Crippen LogP contribution in [0.1, 0.15) is 18.4 Å². The van der Waals surface area contributed by atoms with E-state index in [9.17, 15) is 10.2 Å². The van der Waals surface area contributed by atoms with Gasteiger partial charge >= 0.3 is 0 Å². The smallest absolute Gasteiger partial charge is 0.139 e. The fourth-order valence-electron chi connectivity index (χ4n) is 3.54. The van der Waals surface area contributed by atoms with Crippen LogP contribution in [0.15, 0.2) is 36.7 Å². The van der Waals surface area contributed by atoms with Crippen molar-refractivity contribution in [2.24, 2.45) is 0 Å². The molecule has 3 heterocycles. The number of hydrogen-bond acceptors (Lipinski definition) is 5. The molecule has 1 aliphatic heterocycles. The molecule has 1 aliphatic rings. The minimum atomic E-state index is -0.195. The number of ether oxygens (including phenoxy) is 1. The molecule has 7 heteroatoms. The van der Waals surface area contributed by atoms with Gasteiger partial charge < -0.3 is 24.3 Å². The highest BCUT2D eigenvalue weighted by molar-refractivity contribution is 6.32. The van der Waals surface area contributed by atoms with E-state index in [4.69, 9.17) is 21.3 Å². The van der Waals surface area contributed by atoms with E-state index in [1.54, 1.807) is 19.2 Å². The number of benzene rings is 1. The third-order valence-electron chi connectivity index (χ3n) is 5.10. The maximum absolute atomic E-state index is 9.74. The van der Waals surface area contributed by atoms with Crippen molar-refractivity contribution < 1.29 is 14.9 Å². The average Bonchev–Trinajstić information content (AvgIpc) is 3.11. The fraction of sp³-hybridized carbons (Fsp3) is 0.350. The van der Waals surface area contributed by atoms with Gasteiger partial charge in [0.25, 0.3) is 0 Å². The van der Waals surface area contributed by atoms with Gasteiger partial charge in [-0.05, 0) is 36.6 Å². The molecule has 3 aromatic rings. The van der Waals surface area contributed by atoms with Crippen LogP contribution in [0, 0.1) is 0 Å². The number of methoxy groups -OCH3 is 1. The number of aromatic nitrogens is 2. The lowest BCUT2D eigenvalue weighted by Gasteiger charge is -2.31. The zero-order valence-corrected chi connectivity index (χ0v) is 15.9. The second-order valence-corrected chi connectivity index (χ2v) is 7.20. The van der Waals surface area contributed by atoms with E-state index in [1.165, 1.54) is 0 Å². The van der Waals surface area contributed by atoms with Crippen LogP contribution < -0.4 is 9.64 Å². The second kappa shape index (κ2) is 7.38. The number of aliphatic hydroxyl groups is 2. The largest absolute Gasteiger partial charge is 0.495 e. The summed E-state index contributed by atoms with van der Waals surface area (Å²) in [7, 11) is 1.55. The highest BCUT2D eigenvalue weighted by atomic mass is 35.5. The van der Waals surface area contributed by atoms with Crippen LogP contribution in [0.2, 0.25) is 5.02 Å². The van der Waals surface area contributed by atoms with Crippen molar-refractivity contribution in [1.29, 1.82) is 0 Å². The number of hydrogen-bond donors (Lipinski definition) is 2. The van der Waals surface area contributed by atoms with Crippen LogP contribution in [0.3, 0.4) is 0 Å². The maximum Gasteiger partial charge on any atom is 0.139 e. The standard InChI is InChI=1S/C20H22ClN3O3/c1-27-19-8-13(12-25)16(10-17(19)21)18-11-24-5-2-14(9-20(24)22-18)23-6-3-15(26)4-7-23/h2,5,8-11,15,25-26H,3-4,6-7,12H2,1H3. The molecule has 4 rings (SSSR count). The summed E-state index contributed by atoms with van der Waals surface area (Å²) in [4.78, 5) is 7.00. The van der Waals surface area contributed by atoms with E-state index in [2.05, 4.69) is 11.0 Å². The summed E-state index contributed by atoms with van der Waals surface area (Å²) in [6.45, 7) is 1.55. The van der Waals surface area contributed by atoms with Crippen molar-refractivity contribution in [1.82, 2.24) is 9.38 Å². The summed E-state index contributed by atoms with van der Waals surface area (Å²) in [6, 6.07) is 7.63. The summed E-state index contributed by atoms with van der Waals surface area (Å²) in [5.74, 6) is 0.530. The predicted molar refractivity (Wildman–Crippen MR) is 106 cm³/mol. The fourth-order valence-corrected chi connectivity index (χ4v) is 3.78. The highest BCUT2D eigenvalue weighted by Crippen LogP contribution is 2.34. The molecule has 0 bridgehead atoms. The Kier molecular flexibility index (Phi) is 4.95. The number of fused-ring (bicyclic) bond motifs is 1. The summed E-state index contributed by atoms with van der Waals surface area (Å²) in [5.41, 5.74) is 4.17. The van der Waals surface area contributed by atoms with Gasteiger partial charge in [-0.25, -0.2) is 4.98 Å². The molecule has 142 valence electrons. The number of aliphatic hydroxyl groups excluding tert-OH is 2. The molecule has 2 N–H and O–H groups in total. The SMILES string of the molecule is COc1cc(CO)c(-c2cn3ccc(N4CCC(O)CC4)cc3n2)cc1Cl. The van der Waals surface area contributed by atoms with Crippen LogP contribution in [-0.2, 0) is 6.61 Å². The first-order valence-electron chi connectivity index (χ1n) is 8.98. The Morgan fingerprint density at radius 3 is 2.74 bits per heavy atom. The molecular weight excluding hydrogens is 366 g/mol. The number of piperidine rings is 1. The first kappa shape index (κ1) is 18.1. The van der Waals surface area contributed by atoms with Gasteiger partial charge in [-0.15, -0.1) is 0 Å². The molecule has 0 saturated carbocycles. The van der Waals surface area contributed by atoms with E-state index >= 15 is 0 Å². The van der Waals surface area contributed by atoms with Gasteiger partial charge in [0.05, 0.1) is 30.5 Å². The third-order valence-corrected chi connectivity index (χ3v) is 5.39. The Hall–Kier alpha value is -2.28. The van der Waals surface area contributed by atoms with Crippen LogP contribution in [0.25, 0.3) is 16.9 Å². The predicted octanol–water partition coefficient (Wildman–Crippen LogP) is 3.12. The second-order valence-electron chi connectivity index (χ2n) is 6.80. The number of halogens is 1. The molecule has 0 radical (unpaired) electrons. The molecule has 27 heavy (non-hydrogen) atoms. The molecule has 6 nitrogen and oxygen atoms in total. The number of nitrogens with zero attached hydrogens (tertiary/aromatic N) is 3. The van der Waals surface area contributed by atoms with Gasteiger partial charge in [0.1, 0.15) is 11.4 Å². The van der Waals surface area contributed by atoms with Crippen molar-refractivity contribution in [3.05, 3.63) is 47.2 Å². The van der Waals surface area contributed by atoms with E-state index in [-0.39, 0.29) is 12.7 Å². The van der Waals surface area contributed by atoms with Gasteiger partial charge in [0.2, 0.25) is 0 Å². The lowest BCUT2D eigenvalue weighted by molar-refractivity contribution is 0.145. The van der Waals surface area contributed by atoms with Gasteiger partial charge in [-0.1, -0.05) is 11.6 Å². The van der Waals surface area contributed by atoms with Gasteiger partial charge in [-0.2, -0.15) is 0 Å². The van der Waals surface area contributed by atoms with Crippen LogP contribution in [0.5, 0.6) is 5.75 Å². The van der Waals surface area contributed by atoms with Crippen molar-refractivity contribution in [3.8, 4) is 17.0 Å². The van der Waals surface area contributed by atoms with Crippen molar-refractivity contribution >= 4 is 22.9 Å². The Morgan fingerprint density at radius 2 is 2.04 bits per heavy atom. The quantitative estimate of drug-likeness (QED) is 0.719. The van der Waals surface area contributed by atoms with Crippen LogP contribution in [-0.4, -0.2) is 45.9 Å². The highest BCUT2D eigenvalue weighted by Gasteiger charge is 2.18. The van der Waals surface area contributed by atoms with E-state index < -0.39 is 0 Å². The van der Waals surface area contributed by atoms with Crippen LogP contribution >= 0.6 is 11.6 Å². The summed E-state index contributed by atoms with van der Waals surface area (Å²) >= 11 is 6.28. The Labute approximate surface area is 162 Å². The lowest BCUT2D eigenvalue weighted by Crippen LogP contribution is -2.35. The maximum atomic E-state index is 9.74. The monoisotopic (exact) mass is 387 g/mol. The first-order chi connectivity index (χ1) is 13.1. The molecule has 1 fully saturated rings. The topological polar surface area (TPSA) is 70.2 Å². The number of imidazole rings is 1. The van der Waals surface area contributed by atoms with Crippen LogP contribution in [0.4, 0.5) is 5.69 Å². The molecule has 2 aromatic heterocycles. The number of anilines is 1. The van der Waals surface area contributed by atoms with Crippen molar-refractivity contribution in [2.75, 3.05) is 25.1 Å². The molecule has 0 unspecified atom stereocenters. The third kappa shape index (κ3) is 3.48. The molecular formula is C20H22ClN3O3. The lowest BCUT2D eigenvalue weighted by atomic mass is 10.1. The van der Waals surface area contributed by atoms with Crippen molar-refractivity contribution in [2.45, 2.75) is 25.6 Å². The zero-order valence-electron chi connectivity index (χ0n) is 15.1. The molecule has 0 spiro atoms. The molecule has 1 saturated heterocycles. The Balaban J connectivity index is 1.71. The minimum absolute atomic E-state index is 0.127. The van der Waals surface area contributed by atoms with E-state index in [1.807, 2.05) is 22.9 Å². The molecule has 1 aromatic carbocycles. The van der Waals surface area contributed by atoms with Gasteiger partial charge in [-0.3, -0.25) is 0 Å². The summed E-state index contributed by atoms with van der Waals surface area (Å²) < 4.78 is 7.19. The Morgan fingerprint density at radius 1 is 1.26 bits per heavy atom. The number of pyridine rings is 1. The summed E-state index contributed by atoms with van der Waals surface area (Å²) in [6.07, 6.45) is 5.29. The zero-order chi connectivity index (χ0) is 19.0. The van der Waals surface area contributed by atoms with E-state index in [0.717, 1.165) is 48.5 Å². The minimum Gasteiger partial charge on any atom is -0.495 e. The number of rotatable bonds is 4. The van der Waals surface area contributed by atoms with Gasteiger partial charge in [0.15, 0.2) is 0 Å². The van der Waals surface area contributed by atoms with Gasteiger partial charge in [0, 0.05) is 42.8 Å². The Bertz CT molecular complexity index is 965. The average molecular weight is 388 g/mol. The first-order valence-corrected chi connectivity index (χ1v) is 9.36. The normalized spacial score (nSPS) is 15.5. The molecule has 0 aliphatic carbocycles. The molecule has 0 amide bonds. The summed E-state index contributed by atoms with van der Waals surface area (Å²) in [5, 5.41) is 19.9. The van der Waals surface area contributed by atoms with E-state index in [0.29, 0.717) is 16.3 Å². The van der Waals surface area contributed by atoms with Crippen molar-refractivity contribution in [3.63, 3.8) is 0 Å².